The lowest BCUT2D eigenvalue weighted by molar-refractivity contribution is 0.702. The van der Waals surface area contributed by atoms with Gasteiger partial charge in [-0.1, -0.05) is 146 Å². The lowest BCUT2D eigenvalue weighted by Gasteiger charge is -2.43. The molecule has 2 heteroatoms. The summed E-state index contributed by atoms with van der Waals surface area (Å²) in [6.07, 6.45) is 0. The molecule has 1 aliphatic heterocycles. The van der Waals surface area contributed by atoms with Crippen LogP contribution in [0.5, 0.6) is 0 Å². The van der Waals surface area contributed by atoms with E-state index in [4.69, 9.17) is 0 Å². The molecule has 0 bridgehead atoms. The fourth-order valence-electron chi connectivity index (χ4n) is 10.1. The average Bonchev–Trinajstić information content (AvgIpc) is 3.72. The molecule has 1 unspecified atom stereocenters. The first-order valence-corrected chi connectivity index (χ1v) is 18.9. The first-order chi connectivity index (χ1) is 26.7. The Kier molecular flexibility index (Phi) is 5.94. The standard InChI is InChI=1S/C52H34N2/c1-52-43-24-10-9-21-40(43)41-23-12-27-48(50(41)52)54(45-31-29-35(32-44(45)52)38-22-11-16-33-14-5-7-19-37(33)38)47-26-13-25-46-49(47)42-30-28-34-15-6-8-20-39(34)51(42)53(46)36-17-3-2-4-18-36/h2-32H,1H3. The monoisotopic (exact) mass is 686 g/mol. The van der Waals surface area contributed by atoms with Crippen molar-refractivity contribution in [2.24, 2.45) is 0 Å². The van der Waals surface area contributed by atoms with Crippen LogP contribution in [-0.4, -0.2) is 4.57 Å². The van der Waals surface area contributed by atoms with Gasteiger partial charge in [0.25, 0.3) is 0 Å². The lowest BCUT2D eigenvalue weighted by atomic mass is 9.70. The van der Waals surface area contributed by atoms with Crippen molar-refractivity contribution in [3.8, 4) is 27.9 Å². The number of hydrogen-bond donors (Lipinski definition) is 0. The van der Waals surface area contributed by atoms with Gasteiger partial charge in [-0.25, -0.2) is 0 Å². The van der Waals surface area contributed by atoms with E-state index in [-0.39, 0.29) is 5.41 Å². The summed E-state index contributed by atoms with van der Waals surface area (Å²) in [5.74, 6) is 0. The molecule has 1 atom stereocenters. The lowest BCUT2D eigenvalue weighted by Crippen LogP contribution is -2.32. The van der Waals surface area contributed by atoms with E-state index >= 15 is 0 Å². The van der Waals surface area contributed by atoms with Crippen molar-refractivity contribution in [2.45, 2.75) is 12.3 Å². The van der Waals surface area contributed by atoms with Crippen LogP contribution in [0.3, 0.4) is 0 Å². The van der Waals surface area contributed by atoms with Crippen LogP contribution < -0.4 is 4.90 Å². The van der Waals surface area contributed by atoms with Crippen molar-refractivity contribution in [3.63, 3.8) is 0 Å². The minimum absolute atomic E-state index is 0.336. The Bertz CT molecular complexity index is 3180. The number of para-hydroxylation sites is 1. The first kappa shape index (κ1) is 29.7. The minimum Gasteiger partial charge on any atom is -0.309 e. The fourth-order valence-corrected chi connectivity index (χ4v) is 10.1. The van der Waals surface area contributed by atoms with E-state index in [0.717, 1.165) is 5.69 Å². The Balaban J connectivity index is 1.21. The molecule has 12 rings (SSSR count). The molecule has 10 aromatic rings. The molecule has 0 amide bonds. The Morgan fingerprint density at radius 2 is 1.09 bits per heavy atom. The molecule has 0 fully saturated rings. The molecule has 2 aliphatic rings. The zero-order chi connectivity index (χ0) is 35.5. The van der Waals surface area contributed by atoms with E-state index < -0.39 is 0 Å². The number of benzene rings is 9. The van der Waals surface area contributed by atoms with E-state index in [1.165, 1.54) is 99.4 Å². The number of aromatic nitrogens is 1. The second-order valence-corrected chi connectivity index (χ2v) is 15.0. The van der Waals surface area contributed by atoms with Crippen molar-refractivity contribution in [1.29, 1.82) is 0 Å². The highest BCUT2D eigenvalue weighted by Gasteiger charge is 2.48. The molecule has 252 valence electrons. The maximum Gasteiger partial charge on any atom is 0.0620 e. The summed E-state index contributed by atoms with van der Waals surface area (Å²) in [4.78, 5) is 2.57. The van der Waals surface area contributed by atoms with Gasteiger partial charge in [0.2, 0.25) is 0 Å². The highest BCUT2D eigenvalue weighted by molar-refractivity contribution is 6.23. The van der Waals surface area contributed by atoms with Gasteiger partial charge in [0.1, 0.15) is 0 Å². The van der Waals surface area contributed by atoms with Crippen molar-refractivity contribution in [2.75, 3.05) is 4.90 Å². The summed E-state index contributed by atoms with van der Waals surface area (Å²) >= 11 is 0. The summed E-state index contributed by atoms with van der Waals surface area (Å²) in [5, 5.41) is 7.53. The number of nitrogens with zero attached hydrogens (tertiary/aromatic N) is 2. The SMILES string of the molecule is CC12c3ccccc3-c3cccc(c31)N(c1cccc3c1c1ccc4ccccc4c1n3-c1ccccc1)c1ccc(-c3cccc4ccccc34)cc12. The topological polar surface area (TPSA) is 8.17 Å². The molecule has 54 heavy (non-hydrogen) atoms. The second-order valence-electron chi connectivity index (χ2n) is 15.0. The molecule has 2 heterocycles. The average molecular weight is 687 g/mol. The molecular formula is C52H34N2. The highest BCUT2D eigenvalue weighted by Crippen LogP contribution is 2.63. The molecule has 1 aromatic heterocycles. The molecular weight excluding hydrogens is 653 g/mol. The quantitative estimate of drug-likeness (QED) is 0.180. The molecule has 0 N–H and O–H groups in total. The summed E-state index contributed by atoms with van der Waals surface area (Å²) in [6.45, 7) is 2.46. The van der Waals surface area contributed by atoms with Crippen LogP contribution in [0.15, 0.2) is 188 Å². The van der Waals surface area contributed by atoms with E-state index in [9.17, 15) is 0 Å². The Morgan fingerprint density at radius 3 is 1.98 bits per heavy atom. The van der Waals surface area contributed by atoms with E-state index in [2.05, 4.69) is 204 Å². The highest BCUT2D eigenvalue weighted by atomic mass is 15.2. The Morgan fingerprint density at radius 1 is 0.426 bits per heavy atom. The third kappa shape index (κ3) is 3.79. The Labute approximate surface area is 313 Å². The van der Waals surface area contributed by atoms with Gasteiger partial charge < -0.3 is 9.47 Å². The largest absolute Gasteiger partial charge is 0.309 e. The normalized spacial score (nSPS) is 15.5. The molecule has 9 aromatic carbocycles. The predicted molar refractivity (Wildman–Crippen MR) is 227 cm³/mol. The maximum absolute atomic E-state index is 2.57. The van der Waals surface area contributed by atoms with Crippen LogP contribution in [-0.2, 0) is 5.41 Å². The third-order valence-electron chi connectivity index (χ3n) is 12.3. The van der Waals surface area contributed by atoms with Gasteiger partial charge in [0, 0.05) is 27.3 Å². The summed E-state index contributed by atoms with van der Waals surface area (Å²) < 4.78 is 2.47. The van der Waals surface area contributed by atoms with Crippen LogP contribution >= 0.6 is 0 Å². The maximum atomic E-state index is 2.57. The van der Waals surface area contributed by atoms with Gasteiger partial charge in [0.15, 0.2) is 0 Å². The van der Waals surface area contributed by atoms with Crippen LogP contribution in [0.4, 0.5) is 17.1 Å². The van der Waals surface area contributed by atoms with Gasteiger partial charge in [-0.05, 0) is 104 Å². The van der Waals surface area contributed by atoms with Crippen molar-refractivity contribution >= 4 is 60.4 Å². The van der Waals surface area contributed by atoms with Crippen molar-refractivity contribution < 1.29 is 0 Å². The van der Waals surface area contributed by atoms with E-state index in [0.29, 0.717) is 0 Å². The predicted octanol–water partition coefficient (Wildman–Crippen LogP) is 13.9. The number of fused-ring (bicyclic) bond motifs is 11. The smallest absolute Gasteiger partial charge is 0.0620 e. The molecule has 0 saturated heterocycles. The van der Waals surface area contributed by atoms with Gasteiger partial charge in [-0.2, -0.15) is 0 Å². The molecule has 2 nitrogen and oxygen atoms in total. The van der Waals surface area contributed by atoms with Gasteiger partial charge >= 0.3 is 0 Å². The third-order valence-corrected chi connectivity index (χ3v) is 12.3. The van der Waals surface area contributed by atoms with Gasteiger partial charge in [-0.15, -0.1) is 0 Å². The van der Waals surface area contributed by atoms with E-state index in [1.54, 1.807) is 0 Å². The van der Waals surface area contributed by atoms with Crippen molar-refractivity contribution in [1.82, 2.24) is 4.57 Å². The van der Waals surface area contributed by atoms with Crippen molar-refractivity contribution in [3.05, 3.63) is 205 Å². The summed E-state index contributed by atoms with van der Waals surface area (Å²) in [7, 11) is 0. The summed E-state index contributed by atoms with van der Waals surface area (Å²) in [5.41, 5.74) is 16.1. The Hall–Kier alpha value is -6.90. The zero-order valence-corrected chi connectivity index (χ0v) is 29.8. The van der Waals surface area contributed by atoms with Gasteiger partial charge in [-0.3, -0.25) is 0 Å². The number of hydrogen-bond acceptors (Lipinski definition) is 1. The fraction of sp³-hybridized carbons (Fsp3) is 0.0385. The zero-order valence-electron chi connectivity index (χ0n) is 29.8. The first-order valence-electron chi connectivity index (χ1n) is 18.9. The number of rotatable bonds is 3. The van der Waals surface area contributed by atoms with E-state index in [1.807, 2.05) is 0 Å². The number of anilines is 3. The molecule has 0 radical (unpaired) electrons. The van der Waals surface area contributed by atoms with Crippen LogP contribution in [0.1, 0.15) is 23.6 Å². The van der Waals surface area contributed by atoms with Crippen LogP contribution in [0.2, 0.25) is 0 Å². The molecule has 0 saturated carbocycles. The molecule has 1 aliphatic carbocycles. The van der Waals surface area contributed by atoms with Crippen LogP contribution in [0.25, 0.3) is 71.3 Å². The van der Waals surface area contributed by atoms with Gasteiger partial charge in [0.05, 0.1) is 28.1 Å². The summed E-state index contributed by atoms with van der Waals surface area (Å²) in [6, 6.07) is 69.8. The van der Waals surface area contributed by atoms with Crippen LogP contribution in [0, 0.1) is 0 Å². The minimum atomic E-state index is -0.336. The molecule has 0 spiro atoms. The second kappa shape index (κ2) is 10.8.